The molecule has 1 unspecified atom stereocenters. The topological polar surface area (TPSA) is 91.3 Å². The summed E-state index contributed by atoms with van der Waals surface area (Å²) in [4.78, 5) is 29.4. The van der Waals surface area contributed by atoms with Crippen LogP contribution >= 0.6 is 0 Å². The maximum absolute atomic E-state index is 12.6. The van der Waals surface area contributed by atoms with Gasteiger partial charge in [0.15, 0.2) is 0 Å². The van der Waals surface area contributed by atoms with Gasteiger partial charge in [-0.15, -0.1) is 0 Å². The van der Waals surface area contributed by atoms with E-state index in [2.05, 4.69) is 55.5 Å². The van der Waals surface area contributed by atoms with Gasteiger partial charge in [-0.05, 0) is 80.9 Å². The smallest absolute Gasteiger partial charge is 0.249 e. The second-order valence-electron chi connectivity index (χ2n) is 10.6. The Kier molecular flexibility index (Phi) is 9.97. The van der Waals surface area contributed by atoms with E-state index >= 15 is 0 Å². The summed E-state index contributed by atoms with van der Waals surface area (Å²) in [5.41, 5.74) is 6.31. The first-order chi connectivity index (χ1) is 18.1. The van der Waals surface area contributed by atoms with Crippen LogP contribution in [0.3, 0.4) is 0 Å². The van der Waals surface area contributed by atoms with Crippen LogP contribution in [0.2, 0.25) is 0 Å². The van der Waals surface area contributed by atoms with E-state index in [1.165, 1.54) is 30.1 Å². The fraction of sp³-hybridized carbons (Fsp3) is 0.344. The van der Waals surface area contributed by atoms with E-state index in [-0.39, 0.29) is 5.41 Å². The van der Waals surface area contributed by atoms with Crippen LogP contribution < -0.4 is 10.6 Å². The van der Waals surface area contributed by atoms with Crippen LogP contribution in [0, 0.1) is 5.41 Å². The van der Waals surface area contributed by atoms with Crippen molar-refractivity contribution in [3.63, 3.8) is 0 Å². The molecule has 2 amide bonds. The minimum atomic E-state index is -1.07. The molecule has 1 atom stereocenters. The number of nitrogens with one attached hydrogen (secondary N) is 2. The van der Waals surface area contributed by atoms with Crippen molar-refractivity contribution in [1.82, 2.24) is 10.3 Å². The highest BCUT2D eigenvalue weighted by Crippen LogP contribution is 2.40. The summed E-state index contributed by atoms with van der Waals surface area (Å²) in [7, 11) is 0. The molecule has 0 radical (unpaired) electrons. The molecule has 1 aromatic heterocycles. The Hall–Kier alpha value is -3.77. The molecular weight excluding hydrogens is 474 g/mol. The van der Waals surface area contributed by atoms with Gasteiger partial charge >= 0.3 is 0 Å². The van der Waals surface area contributed by atoms with E-state index in [1.54, 1.807) is 24.4 Å². The van der Waals surface area contributed by atoms with Gasteiger partial charge in [-0.3, -0.25) is 14.6 Å². The third-order valence-corrected chi connectivity index (χ3v) is 6.82. The zero-order chi connectivity index (χ0) is 27.7. The van der Waals surface area contributed by atoms with Crippen molar-refractivity contribution in [3.8, 4) is 0 Å². The van der Waals surface area contributed by atoms with Crippen molar-refractivity contribution < 1.29 is 14.7 Å². The van der Waals surface area contributed by atoms with Crippen molar-refractivity contribution >= 4 is 28.4 Å². The molecule has 1 heterocycles. The molecule has 1 aromatic carbocycles. The predicted molar refractivity (Wildman–Crippen MR) is 156 cm³/mol. The molecule has 0 spiro atoms. The van der Waals surface area contributed by atoms with E-state index in [0.29, 0.717) is 5.69 Å². The maximum Gasteiger partial charge on any atom is 0.249 e. The third kappa shape index (κ3) is 8.12. The average molecular weight is 514 g/mol. The van der Waals surface area contributed by atoms with Gasteiger partial charge in [-0.25, -0.2) is 0 Å². The number of carbonyl (C=O) groups excluding carboxylic acids is 2. The summed E-state index contributed by atoms with van der Waals surface area (Å²) in [6.45, 7) is 10.2. The Balaban J connectivity index is 1.56. The Morgan fingerprint density at radius 1 is 1.16 bits per heavy atom. The van der Waals surface area contributed by atoms with Gasteiger partial charge in [0.25, 0.3) is 0 Å². The first-order valence-corrected chi connectivity index (χ1v) is 13.1. The fourth-order valence-corrected chi connectivity index (χ4v) is 4.68. The van der Waals surface area contributed by atoms with Gasteiger partial charge in [-0.2, -0.15) is 0 Å². The number of rotatable bonds is 9. The SMILES string of the molecule is CC(C=CC1=C(C)CCCC1(C)C)=CC=CC(C)=CC(=O)NC(CO)C(=O)Nc1ccc2ncccc2c1. The summed E-state index contributed by atoms with van der Waals surface area (Å²) >= 11 is 0. The van der Waals surface area contributed by atoms with Gasteiger partial charge in [0, 0.05) is 23.3 Å². The number of pyridine rings is 1. The molecule has 0 aliphatic heterocycles. The monoisotopic (exact) mass is 513 g/mol. The van der Waals surface area contributed by atoms with Crippen molar-refractivity contribution in [2.24, 2.45) is 5.41 Å². The number of fused-ring (bicyclic) bond motifs is 1. The molecule has 6 nitrogen and oxygen atoms in total. The molecule has 3 rings (SSSR count). The first-order valence-electron chi connectivity index (χ1n) is 13.1. The van der Waals surface area contributed by atoms with Crippen LogP contribution in [0.4, 0.5) is 5.69 Å². The minimum Gasteiger partial charge on any atom is -0.394 e. The molecule has 6 heteroatoms. The van der Waals surface area contributed by atoms with Crippen LogP contribution in [0.15, 0.2) is 95.3 Å². The summed E-state index contributed by atoms with van der Waals surface area (Å²) in [6, 6.07) is 7.97. The molecule has 3 N–H and O–H groups in total. The van der Waals surface area contributed by atoms with Gasteiger partial charge in [-0.1, -0.05) is 61.4 Å². The highest BCUT2D eigenvalue weighted by Gasteiger charge is 2.26. The average Bonchev–Trinajstić information content (AvgIpc) is 2.86. The number of aromatic nitrogens is 1. The van der Waals surface area contributed by atoms with Crippen molar-refractivity contribution in [1.29, 1.82) is 0 Å². The van der Waals surface area contributed by atoms with Gasteiger partial charge in [0.1, 0.15) is 6.04 Å². The Morgan fingerprint density at radius 3 is 2.68 bits per heavy atom. The number of benzene rings is 1. The largest absolute Gasteiger partial charge is 0.394 e. The zero-order valence-electron chi connectivity index (χ0n) is 23.0. The molecule has 1 aliphatic carbocycles. The second kappa shape index (κ2) is 13.2. The molecule has 38 heavy (non-hydrogen) atoms. The Labute approximate surface area is 225 Å². The first kappa shape index (κ1) is 28.8. The van der Waals surface area contributed by atoms with Crippen molar-refractivity contribution in [2.45, 2.75) is 59.9 Å². The van der Waals surface area contributed by atoms with Gasteiger partial charge in [0.2, 0.25) is 11.8 Å². The molecule has 0 fully saturated rings. The molecule has 0 saturated heterocycles. The van der Waals surface area contributed by atoms with E-state index < -0.39 is 24.5 Å². The molecule has 0 saturated carbocycles. The van der Waals surface area contributed by atoms with E-state index in [0.717, 1.165) is 28.5 Å². The quantitative estimate of drug-likeness (QED) is 0.276. The highest BCUT2D eigenvalue weighted by molar-refractivity contribution is 6.00. The summed E-state index contributed by atoms with van der Waals surface area (Å²) in [6.07, 6.45) is 16.8. The number of anilines is 1. The molecule has 0 bridgehead atoms. The number of hydrogen-bond acceptors (Lipinski definition) is 4. The fourth-order valence-electron chi connectivity index (χ4n) is 4.68. The Bertz CT molecular complexity index is 1330. The number of carbonyl (C=O) groups is 2. The second-order valence-corrected chi connectivity index (χ2v) is 10.6. The van der Waals surface area contributed by atoms with Crippen molar-refractivity contribution in [3.05, 3.63) is 95.3 Å². The standard InChI is InChI=1S/C32H39N3O3/c1-22(13-15-27-24(3)11-7-17-32(27,4)5)9-6-10-23(2)19-30(37)35-29(21-36)31(38)34-26-14-16-28-25(20-26)12-8-18-33-28/h6,8-10,12-16,18-20,29,36H,7,11,17,21H2,1-5H3,(H,34,38)(H,35,37). The van der Waals surface area contributed by atoms with Crippen molar-refractivity contribution in [2.75, 3.05) is 11.9 Å². The maximum atomic E-state index is 12.6. The van der Waals surface area contributed by atoms with Crippen LogP contribution in [0.25, 0.3) is 10.9 Å². The van der Waals surface area contributed by atoms with Crippen LogP contribution in [-0.2, 0) is 9.59 Å². The molecule has 1 aliphatic rings. The third-order valence-electron chi connectivity index (χ3n) is 6.82. The number of nitrogens with zero attached hydrogens (tertiary/aromatic N) is 1. The van der Waals surface area contributed by atoms with E-state index in [9.17, 15) is 14.7 Å². The summed E-state index contributed by atoms with van der Waals surface area (Å²) in [5, 5.41) is 15.9. The number of aliphatic hydroxyl groups is 1. The lowest BCUT2D eigenvalue weighted by Crippen LogP contribution is -2.45. The number of amides is 2. The van der Waals surface area contributed by atoms with Crippen LogP contribution in [0.1, 0.15) is 53.9 Å². The lowest BCUT2D eigenvalue weighted by molar-refractivity contribution is -0.124. The molecule has 200 valence electrons. The van der Waals surface area contributed by atoms with Crippen LogP contribution in [-0.4, -0.2) is 34.6 Å². The normalized spacial score (nSPS) is 17.3. The molecular formula is C32H39N3O3. The molecule has 2 aromatic rings. The zero-order valence-corrected chi connectivity index (χ0v) is 23.0. The predicted octanol–water partition coefficient (Wildman–Crippen LogP) is 6.18. The Morgan fingerprint density at radius 2 is 1.95 bits per heavy atom. The lowest BCUT2D eigenvalue weighted by Gasteiger charge is -2.32. The van der Waals surface area contributed by atoms with Gasteiger partial charge in [0.05, 0.1) is 12.1 Å². The van der Waals surface area contributed by atoms with E-state index in [4.69, 9.17) is 0 Å². The van der Waals surface area contributed by atoms with E-state index in [1.807, 2.05) is 37.3 Å². The summed E-state index contributed by atoms with van der Waals surface area (Å²) in [5.74, 6) is -0.950. The number of hydrogen-bond donors (Lipinski definition) is 3. The highest BCUT2D eigenvalue weighted by atomic mass is 16.3. The van der Waals surface area contributed by atoms with Gasteiger partial charge < -0.3 is 15.7 Å². The number of aliphatic hydroxyl groups excluding tert-OH is 1. The minimum absolute atomic E-state index is 0.206. The van der Waals surface area contributed by atoms with Crippen LogP contribution in [0.5, 0.6) is 0 Å². The number of allylic oxidation sites excluding steroid dienone is 9. The lowest BCUT2D eigenvalue weighted by atomic mass is 9.72. The summed E-state index contributed by atoms with van der Waals surface area (Å²) < 4.78 is 0.